The fourth-order valence-electron chi connectivity index (χ4n) is 4.88. The predicted molar refractivity (Wildman–Crippen MR) is 139 cm³/mol. The van der Waals surface area contributed by atoms with E-state index >= 15 is 0 Å². The molecule has 41 heavy (non-hydrogen) atoms. The van der Waals surface area contributed by atoms with E-state index in [1.807, 2.05) is 48.5 Å². The van der Waals surface area contributed by atoms with Crippen LogP contribution in [0.4, 0.5) is 33.3 Å². The number of ether oxygens (including phenoxy) is 2. The second kappa shape index (κ2) is 10.9. The van der Waals surface area contributed by atoms with E-state index in [4.69, 9.17) is 16.2 Å². The molecule has 1 aliphatic rings. The number of fused-ring (bicyclic) bond motifs is 3. The summed E-state index contributed by atoms with van der Waals surface area (Å²) in [7, 11) is 0. The van der Waals surface area contributed by atoms with Crippen molar-refractivity contribution in [2.75, 3.05) is 18.1 Å². The first-order valence-corrected chi connectivity index (χ1v) is 12.3. The number of halogens is 5. The molecule has 4 aromatic carbocycles. The van der Waals surface area contributed by atoms with Crippen molar-refractivity contribution in [2.45, 2.75) is 18.8 Å². The van der Waals surface area contributed by atoms with Crippen LogP contribution in [0, 0.1) is 29.1 Å². The Kier molecular flexibility index (Phi) is 7.36. The smallest absolute Gasteiger partial charge is 0.340 e. The van der Waals surface area contributed by atoms with Gasteiger partial charge in [0.15, 0.2) is 0 Å². The molecule has 1 aliphatic carbocycles. The van der Waals surface area contributed by atoms with Crippen molar-refractivity contribution in [3.05, 3.63) is 112 Å². The minimum absolute atomic E-state index is 0.0250. The van der Waals surface area contributed by atoms with Crippen LogP contribution in [0.3, 0.4) is 0 Å². The van der Waals surface area contributed by atoms with E-state index in [1.54, 1.807) is 0 Å². The lowest BCUT2D eigenvalue weighted by atomic mass is 9.97. The maximum Gasteiger partial charge on any atom is 0.340 e. The normalized spacial score (nSPS) is 12.1. The molecule has 0 aromatic heterocycles. The monoisotopic (exact) mass is 568 g/mol. The van der Waals surface area contributed by atoms with E-state index in [9.17, 15) is 31.5 Å². The zero-order valence-corrected chi connectivity index (χ0v) is 21.1. The second-order valence-corrected chi connectivity index (χ2v) is 9.30. The van der Waals surface area contributed by atoms with E-state index in [2.05, 4.69) is 4.74 Å². The Morgan fingerprint density at radius 2 is 1.27 bits per heavy atom. The third-order valence-corrected chi connectivity index (χ3v) is 6.90. The quantitative estimate of drug-likeness (QED) is 0.0702. The largest absolute Gasteiger partial charge is 0.461 e. The van der Waals surface area contributed by atoms with Gasteiger partial charge in [-0.1, -0.05) is 54.6 Å². The van der Waals surface area contributed by atoms with Gasteiger partial charge in [0.1, 0.15) is 6.61 Å². The molecule has 11 heteroatoms. The van der Waals surface area contributed by atoms with Gasteiger partial charge in [-0.15, -0.1) is 0 Å². The van der Waals surface area contributed by atoms with Crippen LogP contribution in [0.1, 0.15) is 39.4 Å². The standard InChI is InChI=1S/C30H21F5N2O4/c31-23-24(32)26(34)29(27(35)25(23)33)41-21(38)12-10-14-9-11-20(36)28(37)22(14)30(39)40-13-19-17-7-3-1-5-15(17)16-6-2-4-8-18(16)19/h1-9,11,19H,10,12-13,36-37H2. The molecule has 0 bridgehead atoms. The summed E-state index contributed by atoms with van der Waals surface area (Å²) in [5.41, 5.74) is 16.0. The number of benzene rings is 4. The summed E-state index contributed by atoms with van der Waals surface area (Å²) in [5.74, 6) is -15.6. The summed E-state index contributed by atoms with van der Waals surface area (Å²) in [6, 6.07) is 18.3. The van der Waals surface area contributed by atoms with E-state index in [-0.39, 0.29) is 41.4 Å². The Labute approximate surface area is 230 Å². The molecule has 0 heterocycles. The minimum atomic E-state index is -2.38. The molecule has 0 aliphatic heterocycles. The van der Waals surface area contributed by atoms with Gasteiger partial charge in [0.05, 0.1) is 23.4 Å². The summed E-state index contributed by atoms with van der Waals surface area (Å²) in [6.45, 7) is -0.0250. The molecule has 4 N–H and O–H groups in total. The summed E-state index contributed by atoms with van der Waals surface area (Å²) >= 11 is 0. The molecule has 0 saturated carbocycles. The molecule has 6 nitrogen and oxygen atoms in total. The number of anilines is 2. The molecule has 0 fully saturated rings. The van der Waals surface area contributed by atoms with Crippen molar-refractivity contribution in [1.82, 2.24) is 0 Å². The number of carbonyl (C=O) groups is 2. The number of hydrogen-bond acceptors (Lipinski definition) is 6. The first kappa shape index (κ1) is 27.6. The van der Waals surface area contributed by atoms with Gasteiger partial charge in [-0.25, -0.2) is 18.0 Å². The van der Waals surface area contributed by atoms with Crippen molar-refractivity contribution >= 4 is 23.3 Å². The Morgan fingerprint density at radius 3 is 1.85 bits per heavy atom. The predicted octanol–water partition coefficient (Wildman–Crippen LogP) is 6.05. The summed E-state index contributed by atoms with van der Waals surface area (Å²) < 4.78 is 78.1. The van der Waals surface area contributed by atoms with E-state index in [0.717, 1.165) is 22.3 Å². The minimum Gasteiger partial charge on any atom is -0.461 e. The van der Waals surface area contributed by atoms with Crippen molar-refractivity contribution < 1.29 is 41.0 Å². The third-order valence-electron chi connectivity index (χ3n) is 6.90. The molecule has 210 valence electrons. The molecule has 0 unspecified atom stereocenters. The van der Waals surface area contributed by atoms with Gasteiger partial charge in [-0.2, -0.15) is 8.78 Å². The third kappa shape index (κ3) is 4.94. The zero-order chi connectivity index (χ0) is 29.4. The topological polar surface area (TPSA) is 105 Å². The summed E-state index contributed by atoms with van der Waals surface area (Å²) in [4.78, 5) is 25.6. The van der Waals surface area contributed by atoms with Crippen LogP contribution in [0.2, 0.25) is 0 Å². The Hall–Kier alpha value is -4.93. The SMILES string of the molecule is Nc1ccc(CCC(=O)Oc2c(F)c(F)c(F)c(F)c2F)c(C(=O)OCC2c3ccccc3-c3ccccc32)c1N. The Morgan fingerprint density at radius 1 is 0.732 bits per heavy atom. The fourth-order valence-corrected chi connectivity index (χ4v) is 4.88. The number of esters is 2. The molecular formula is C30H21F5N2O4. The van der Waals surface area contributed by atoms with Crippen LogP contribution in [-0.2, 0) is 16.0 Å². The molecule has 4 aromatic rings. The van der Waals surface area contributed by atoms with Crippen molar-refractivity contribution in [1.29, 1.82) is 0 Å². The van der Waals surface area contributed by atoms with E-state index < -0.39 is 53.2 Å². The fraction of sp³-hybridized carbons (Fsp3) is 0.133. The number of rotatable bonds is 7. The number of aryl methyl sites for hydroxylation is 1. The lowest BCUT2D eigenvalue weighted by Gasteiger charge is -2.17. The summed E-state index contributed by atoms with van der Waals surface area (Å²) in [5, 5.41) is 0. The lowest BCUT2D eigenvalue weighted by Crippen LogP contribution is -2.18. The van der Waals surface area contributed by atoms with Crippen molar-refractivity contribution in [2.24, 2.45) is 0 Å². The van der Waals surface area contributed by atoms with Gasteiger partial charge in [0.25, 0.3) is 0 Å². The van der Waals surface area contributed by atoms with Crippen LogP contribution < -0.4 is 16.2 Å². The number of nitrogens with two attached hydrogens (primary N) is 2. The highest BCUT2D eigenvalue weighted by Crippen LogP contribution is 2.44. The van der Waals surface area contributed by atoms with Crippen molar-refractivity contribution in [3.8, 4) is 16.9 Å². The van der Waals surface area contributed by atoms with Crippen molar-refractivity contribution in [3.63, 3.8) is 0 Å². The highest BCUT2D eigenvalue weighted by molar-refractivity contribution is 6.00. The zero-order valence-electron chi connectivity index (χ0n) is 21.1. The first-order valence-electron chi connectivity index (χ1n) is 12.3. The molecule has 0 spiro atoms. The van der Waals surface area contributed by atoms with Gasteiger partial charge in [-0.3, -0.25) is 4.79 Å². The van der Waals surface area contributed by atoms with E-state index in [1.165, 1.54) is 12.1 Å². The Bertz CT molecular complexity index is 1630. The number of nitrogen functional groups attached to an aromatic ring is 2. The van der Waals surface area contributed by atoms with Crippen LogP contribution in [0.25, 0.3) is 11.1 Å². The van der Waals surface area contributed by atoms with Gasteiger partial charge < -0.3 is 20.9 Å². The molecule has 0 radical (unpaired) electrons. The molecule has 0 saturated heterocycles. The average molecular weight is 568 g/mol. The Balaban J connectivity index is 1.33. The van der Waals surface area contributed by atoms with Crippen LogP contribution in [-0.4, -0.2) is 18.5 Å². The highest BCUT2D eigenvalue weighted by Gasteiger charge is 2.31. The van der Waals surface area contributed by atoms with Crippen LogP contribution in [0.5, 0.6) is 5.75 Å². The molecule has 0 amide bonds. The average Bonchev–Trinajstić information content (AvgIpc) is 3.30. The second-order valence-electron chi connectivity index (χ2n) is 9.30. The van der Waals surface area contributed by atoms with Gasteiger partial charge >= 0.3 is 11.9 Å². The number of hydrogen-bond donors (Lipinski definition) is 2. The molecule has 5 rings (SSSR count). The lowest BCUT2D eigenvalue weighted by molar-refractivity contribution is -0.134. The molecular weight excluding hydrogens is 547 g/mol. The van der Waals surface area contributed by atoms with Gasteiger partial charge in [-0.05, 0) is 40.3 Å². The van der Waals surface area contributed by atoms with Gasteiger partial charge in [0, 0.05) is 5.92 Å². The maximum atomic E-state index is 13.9. The van der Waals surface area contributed by atoms with E-state index in [0.29, 0.717) is 0 Å². The summed E-state index contributed by atoms with van der Waals surface area (Å²) in [6.07, 6.45) is -0.856. The van der Waals surface area contributed by atoms with Gasteiger partial charge in [0.2, 0.25) is 34.8 Å². The molecule has 0 atom stereocenters. The van der Waals surface area contributed by atoms with Crippen LogP contribution in [0.15, 0.2) is 60.7 Å². The maximum absolute atomic E-state index is 13.9. The highest BCUT2D eigenvalue weighted by atomic mass is 19.2. The number of carbonyl (C=O) groups excluding carboxylic acids is 2. The first-order chi connectivity index (χ1) is 19.6. The van der Waals surface area contributed by atoms with Crippen LogP contribution >= 0.6 is 0 Å².